The van der Waals surface area contributed by atoms with E-state index in [1.807, 2.05) is 13.0 Å². The Balaban J connectivity index is 1.78. The van der Waals surface area contributed by atoms with Crippen molar-refractivity contribution in [2.75, 3.05) is 12.0 Å². The summed E-state index contributed by atoms with van der Waals surface area (Å²) in [7, 11) is 0. The molecule has 0 unspecified atom stereocenters. The Morgan fingerprint density at radius 1 is 1.22 bits per heavy atom. The van der Waals surface area contributed by atoms with Crippen LogP contribution in [0.4, 0.5) is 11.5 Å². The van der Waals surface area contributed by atoms with Gasteiger partial charge in [0.25, 0.3) is 0 Å². The second-order valence-corrected chi connectivity index (χ2v) is 7.97. The summed E-state index contributed by atoms with van der Waals surface area (Å²) in [6.07, 6.45) is 2.93. The minimum Gasteiger partial charge on any atom is -0.490 e. The Morgan fingerprint density at radius 2 is 2.03 bits per heavy atom. The predicted molar refractivity (Wildman–Crippen MR) is 128 cm³/mol. The number of nitrogens with one attached hydrogen (secondary N) is 1. The number of nitrogens with zero attached hydrogens (tertiary/aromatic N) is 3. The zero-order valence-electron chi connectivity index (χ0n) is 16.7. The first kappa shape index (κ1) is 23.8. The summed E-state index contributed by atoms with van der Waals surface area (Å²) in [5.74, 6) is 1.06. The lowest BCUT2D eigenvalue weighted by Crippen LogP contribution is -2.02. The molecule has 0 saturated heterocycles. The number of hydrogen-bond acceptors (Lipinski definition) is 7. The monoisotopic (exact) mass is 538 g/mol. The van der Waals surface area contributed by atoms with Crippen LogP contribution in [0.15, 0.2) is 58.2 Å². The molecule has 0 fully saturated rings. The van der Waals surface area contributed by atoms with E-state index in [1.54, 1.807) is 24.3 Å². The highest BCUT2D eigenvalue weighted by Gasteiger charge is 2.14. The molecule has 8 nitrogen and oxygen atoms in total. The molecule has 0 spiro atoms. The summed E-state index contributed by atoms with van der Waals surface area (Å²) in [4.78, 5) is 14.5. The highest BCUT2D eigenvalue weighted by molar-refractivity contribution is 9.10. The third kappa shape index (κ3) is 6.09. The van der Waals surface area contributed by atoms with E-state index in [9.17, 15) is 10.1 Å². The van der Waals surface area contributed by atoms with Crippen LogP contribution in [0.1, 0.15) is 18.1 Å². The second kappa shape index (κ2) is 11.1. The number of anilines is 1. The molecule has 0 radical (unpaired) electrons. The fourth-order valence-electron chi connectivity index (χ4n) is 2.65. The molecule has 3 aromatic rings. The Kier molecular flexibility index (Phi) is 8.26. The van der Waals surface area contributed by atoms with E-state index < -0.39 is 4.92 Å². The SMILES string of the molecule is CCOc1cc(/C=N\Nc2ncccc2[N+](=O)[O-])cc(Br)c1OCc1ccc(Cl)c(Cl)c1. The summed E-state index contributed by atoms with van der Waals surface area (Å²) in [6, 6.07) is 11.6. The summed E-state index contributed by atoms with van der Waals surface area (Å²) < 4.78 is 12.3. The van der Waals surface area contributed by atoms with Crippen molar-refractivity contribution in [2.45, 2.75) is 13.5 Å². The maximum atomic E-state index is 11.1. The van der Waals surface area contributed by atoms with Crippen molar-refractivity contribution in [2.24, 2.45) is 5.10 Å². The first-order valence-corrected chi connectivity index (χ1v) is 10.9. The lowest BCUT2D eigenvalue weighted by molar-refractivity contribution is -0.384. The molecule has 1 heterocycles. The van der Waals surface area contributed by atoms with Crippen molar-refractivity contribution in [3.63, 3.8) is 0 Å². The molecule has 0 saturated carbocycles. The molecule has 2 aromatic carbocycles. The number of nitro groups is 1. The Morgan fingerprint density at radius 3 is 2.75 bits per heavy atom. The first-order valence-electron chi connectivity index (χ1n) is 9.30. The Bertz CT molecular complexity index is 1160. The highest BCUT2D eigenvalue weighted by Crippen LogP contribution is 2.37. The Labute approximate surface area is 202 Å². The molecule has 1 aromatic heterocycles. The van der Waals surface area contributed by atoms with Crippen LogP contribution in [-0.4, -0.2) is 22.7 Å². The fraction of sp³-hybridized carbons (Fsp3) is 0.143. The maximum absolute atomic E-state index is 11.1. The third-order valence-corrected chi connectivity index (χ3v) is 5.39. The molecular weight excluding hydrogens is 523 g/mol. The molecule has 0 aliphatic heterocycles. The van der Waals surface area contributed by atoms with Crippen molar-refractivity contribution in [3.05, 3.63) is 84.4 Å². The van der Waals surface area contributed by atoms with Gasteiger partial charge >= 0.3 is 5.69 Å². The molecule has 0 atom stereocenters. The molecule has 0 amide bonds. The van der Waals surface area contributed by atoms with Gasteiger partial charge in [0.2, 0.25) is 5.82 Å². The molecular formula is C21H17BrCl2N4O4. The standard InChI is InChI=1S/C21H17BrCl2N4O4/c1-2-31-19-10-14(11-26-27-21-18(28(29)30)4-3-7-25-21)8-15(22)20(19)32-12-13-5-6-16(23)17(24)9-13/h3-11H,2,12H2,1H3,(H,25,27)/b26-11-. The van der Waals surface area contributed by atoms with E-state index in [1.165, 1.54) is 24.5 Å². The molecule has 0 aliphatic carbocycles. The fourth-order valence-corrected chi connectivity index (χ4v) is 3.54. The average molecular weight is 540 g/mol. The summed E-state index contributed by atoms with van der Waals surface area (Å²) >= 11 is 15.5. The number of ether oxygens (including phenoxy) is 2. The molecule has 0 bridgehead atoms. The molecule has 32 heavy (non-hydrogen) atoms. The second-order valence-electron chi connectivity index (χ2n) is 6.30. The normalized spacial score (nSPS) is 10.9. The van der Waals surface area contributed by atoms with E-state index in [2.05, 4.69) is 31.4 Å². The van der Waals surface area contributed by atoms with Gasteiger partial charge in [-0.15, -0.1) is 0 Å². The zero-order chi connectivity index (χ0) is 23.1. The lowest BCUT2D eigenvalue weighted by Gasteiger charge is -2.15. The van der Waals surface area contributed by atoms with Gasteiger partial charge in [-0.05, 0) is 64.3 Å². The van der Waals surface area contributed by atoms with Gasteiger partial charge in [0, 0.05) is 12.3 Å². The van der Waals surface area contributed by atoms with Gasteiger partial charge < -0.3 is 9.47 Å². The summed E-state index contributed by atoms with van der Waals surface area (Å²) in [6.45, 7) is 2.54. The van der Waals surface area contributed by atoms with Gasteiger partial charge in [0.05, 0.1) is 32.3 Å². The average Bonchev–Trinajstić information content (AvgIpc) is 2.76. The maximum Gasteiger partial charge on any atom is 0.313 e. The lowest BCUT2D eigenvalue weighted by atomic mass is 10.2. The number of rotatable bonds is 9. The minimum atomic E-state index is -0.533. The molecule has 3 rings (SSSR count). The van der Waals surface area contributed by atoms with Crippen molar-refractivity contribution in [3.8, 4) is 11.5 Å². The topological polar surface area (TPSA) is 98.9 Å². The van der Waals surface area contributed by atoms with Gasteiger partial charge in [0.15, 0.2) is 11.5 Å². The van der Waals surface area contributed by atoms with Crippen LogP contribution in [0.5, 0.6) is 11.5 Å². The predicted octanol–water partition coefficient (Wildman–Crippen LogP) is 6.48. The van der Waals surface area contributed by atoms with E-state index in [4.69, 9.17) is 32.7 Å². The quantitative estimate of drug-likeness (QED) is 0.190. The number of halogens is 3. The van der Waals surface area contributed by atoms with Crippen LogP contribution in [0, 0.1) is 10.1 Å². The van der Waals surface area contributed by atoms with Gasteiger partial charge in [-0.2, -0.15) is 5.10 Å². The van der Waals surface area contributed by atoms with Gasteiger partial charge in [0.1, 0.15) is 6.61 Å². The van der Waals surface area contributed by atoms with Gasteiger partial charge in [-0.1, -0.05) is 29.3 Å². The van der Waals surface area contributed by atoms with Crippen molar-refractivity contribution in [1.29, 1.82) is 0 Å². The van der Waals surface area contributed by atoms with Crippen molar-refractivity contribution < 1.29 is 14.4 Å². The molecule has 166 valence electrons. The number of hydrazone groups is 1. The molecule has 1 N–H and O–H groups in total. The third-order valence-electron chi connectivity index (χ3n) is 4.07. The zero-order valence-corrected chi connectivity index (χ0v) is 19.8. The summed E-state index contributed by atoms with van der Waals surface area (Å²) in [5, 5.41) is 16.0. The molecule has 0 aliphatic rings. The number of hydrogen-bond donors (Lipinski definition) is 1. The van der Waals surface area contributed by atoms with Crippen molar-refractivity contribution >= 4 is 56.9 Å². The number of benzene rings is 2. The van der Waals surface area contributed by atoms with E-state index >= 15 is 0 Å². The van der Waals surface area contributed by atoms with Crippen LogP contribution >= 0.6 is 39.1 Å². The largest absolute Gasteiger partial charge is 0.490 e. The van der Waals surface area contributed by atoms with E-state index in [-0.39, 0.29) is 18.1 Å². The number of aromatic nitrogens is 1. The smallest absolute Gasteiger partial charge is 0.313 e. The minimum absolute atomic E-state index is 0.0411. The Hall–Kier alpha value is -2.88. The van der Waals surface area contributed by atoms with Crippen molar-refractivity contribution in [1.82, 2.24) is 4.98 Å². The van der Waals surface area contributed by atoms with Gasteiger partial charge in [-0.3, -0.25) is 15.5 Å². The van der Waals surface area contributed by atoms with Gasteiger partial charge in [-0.25, -0.2) is 4.98 Å². The van der Waals surface area contributed by atoms with E-state index in [0.717, 1.165) is 5.56 Å². The first-order chi connectivity index (χ1) is 15.4. The van der Waals surface area contributed by atoms with Crippen LogP contribution < -0.4 is 14.9 Å². The van der Waals surface area contributed by atoms with Crippen LogP contribution in [0.3, 0.4) is 0 Å². The summed E-state index contributed by atoms with van der Waals surface area (Å²) in [5.41, 5.74) is 3.94. The van der Waals surface area contributed by atoms with E-state index in [0.29, 0.717) is 38.2 Å². The number of pyridine rings is 1. The molecule has 11 heteroatoms. The van der Waals surface area contributed by atoms with Crippen LogP contribution in [0.2, 0.25) is 10.0 Å². The highest BCUT2D eigenvalue weighted by atomic mass is 79.9. The van der Waals surface area contributed by atoms with Crippen LogP contribution in [-0.2, 0) is 6.61 Å². The van der Waals surface area contributed by atoms with Crippen LogP contribution in [0.25, 0.3) is 0 Å².